The van der Waals surface area contributed by atoms with E-state index < -0.39 is 38.1 Å². The summed E-state index contributed by atoms with van der Waals surface area (Å²) in [7, 11) is -1.37. The number of halogens is 2. The Labute approximate surface area is 552 Å². The molecule has 4 amide bonds. The monoisotopic (exact) mass is 1290 g/mol. The number of piperazine rings is 1. The molecule has 0 radical (unpaired) electrons. The quantitative estimate of drug-likeness (QED) is 0.0801. The molecule has 2 aromatic heterocycles. The van der Waals surface area contributed by atoms with E-state index in [1.165, 1.54) is 29.2 Å². The van der Waals surface area contributed by atoms with E-state index in [0.717, 1.165) is 50.4 Å². The molecule has 95 heavy (non-hydrogen) atoms. The Morgan fingerprint density at radius 2 is 0.874 bits per heavy atom. The van der Waals surface area contributed by atoms with Gasteiger partial charge in [0.15, 0.2) is 11.5 Å². The Balaban J connectivity index is 0.000000185. The first-order chi connectivity index (χ1) is 45.8. The van der Waals surface area contributed by atoms with Crippen molar-refractivity contribution in [3.63, 3.8) is 0 Å². The molecule has 13 rings (SSSR count). The number of aromatic nitrogens is 2. The first kappa shape index (κ1) is 64.6. The highest BCUT2D eigenvalue weighted by molar-refractivity contribution is 6.76. The van der Waals surface area contributed by atoms with Gasteiger partial charge in [0.25, 0.3) is 11.8 Å². The lowest BCUT2D eigenvalue weighted by Gasteiger charge is -2.35. The SMILES string of the molecule is CC(C)(C)OC(=O)N1CCN(C(=O)Oc2c3c(c(OC(c4ccccc4)c4ccccc4)c4ncccc24)C(=O)N(Cc2ccc(F)cc2)C3)CC1.C[Si](C)(C)CCOc1c2c(c(OC(c3ccccc3)c3ccccc3)c3ncccc13)C(=O)N(Cc1ccc(F)cc1)C2. The third-order valence-corrected chi connectivity index (χ3v) is 18.5. The van der Waals surface area contributed by atoms with E-state index in [-0.39, 0.29) is 79.8 Å². The zero-order valence-corrected chi connectivity index (χ0v) is 55.0. The van der Waals surface area contributed by atoms with Gasteiger partial charge in [0.2, 0.25) is 0 Å². The molecule has 1 saturated heterocycles. The summed E-state index contributed by atoms with van der Waals surface area (Å²) in [6.07, 6.45) is 1.23. The molecule has 0 aliphatic carbocycles. The molecule has 5 heterocycles. The summed E-state index contributed by atoms with van der Waals surface area (Å²) in [4.78, 5) is 71.2. The fourth-order valence-electron chi connectivity index (χ4n) is 12.0. The highest BCUT2D eigenvalue weighted by Crippen LogP contribution is 2.49. The van der Waals surface area contributed by atoms with Gasteiger partial charge in [-0.2, -0.15) is 0 Å². The molecule has 484 valence electrons. The van der Waals surface area contributed by atoms with E-state index in [1.54, 1.807) is 63.5 Å². The molecule has 10 aromatic rings. The molecule has 0 spiro atoms. The lowest BCUT2D eigenvalue weighted by atomic mass is 9.99. The minimum Gasteiger partial charge on any atom is -0.493 e. The minimum atomic E-state index is -1.37. The van der Waals surface area contributed by atoms with Crippen molar-refractivity contribution in [2.45, 2.75) is 90.4 Å². The van der Waals surface area contributed by atoms with E-state index in [4.69, 9.17) is 33.7 Å². The number of carbonyl (C=O) groups excluding carboxylic acids is 4. The lowest BCUT2D eigenvalue weighted by Crippen LogP contribution is -2.52. The predicted molar refractivity (Wildman–Crippen MR) is 363 cm³/mol. The molecule has 0 atom stereocenters. The van der Waals surface area contributed by atoms with E-state index >= 15 is 0 Å². The van der Waals surface area contributed by atoms with Gasteiger partial charge < -0.3 is 43.3 Å². The first-order valence-electron chi connectivity index (χ1n) is 31.9. The molecule has 0 unspecified atom stereocenters. The standard InChI is InChI=1S/C41H39FN4O6.C36H35FN2O3Si/c1-41(2,3)52-40(49)45-23-21-44(22-24-45)39(48)51-36-31-15-10-20-43-34(31)37(50-35(28-11-6-4-7-12-28)29-13-8-5-9-14-29)33-32(36)26-46(38(33)47)25-27-16-18-30(42)19-17-27;1-43(2,3)22-21-41-34-29-15-10-20-38-32(29)35(42-33(26-11-6-4-7-12-26)27-13-8-5-9-14-27)31-30(34)24-39(36(31)40)23-25-16-18-28(37)19-17-25/h4-20,35H,21-26H2,1-3H3;4-20,33H,21-24H2,1-3H3. The van der Waals surface area contributed by atoms with Crippen molar-refractivity contribution in [1.82, 2.24) is 29.6 Å². The van der Waals surface area contributed by atoms with E-state index in [0.29, 0.717) is 58.7 Å². The number of nitrogens with zero attached hydrogens (tertiary/aromatic N) is 6. The van der Waals surface area contributed by atoms with Crippen LogP contribution in [-0.2, 0) is 30.9 Å². The van der Waals surface area contributed by atoms with Gasteiger partial charge in [0.1, 0.15) is 52.0 Å². The summed E-state index contributed by atoms with van der Waals surface area (Å²) in [5, 5.41) is 1.33. The van der Waals surface area contributed by atoms with Crippen LogP contribution in [0.5, 0.6) is 23.0 Å². The van der Waals surface area contributed by atoms with Crippen molar-refractivity contribution in [1.29, 1.82) is 0 Å². The number of amides is 4. The van der Waals surface area contributed by atoms with Crippen LogP contribution in [0.2, 0.25) is 25.7 Å². The summed E-state index contributed by atoms with van der Waals surface area (Å²) in [6, 6.07) is 60.2. The maximum atomic E-state index is 14.5. The molecule has 3 aliphatic rings. The van der Waals surface area contributed by atoms with Crippen LogP contribution < -0.4 is 18.9 Å². The van der Waals surface area contributed by atoms with Gasteiger partial charge in [-0.1, -0.05) is 165 Å². The summed E-state index contributed by atoms with van der Waals surface area (Å²) in [5.41, 5.74) is 7.63. The largest absolute Gasteiger partial charge is 0.493 e. The highest BCUT2D eigenvalue weighted by Gasteiger charge is 2.41. The molecular weight excluding hydrogens is 1220 g/mol. The summed E-state index contributed by atoms with van der Waals surface area (Å²) in [5.74, 6) is 0.473. The fraction of sp³-hybridized carbons (Fsp3) is 0.247. The maximum Gasteiger partial charge on any atom is 0.415 e. The molecule has 1 fully saturated rings. The van der Waals surface area contributed by atoms with Crippen LogP contribution in [0.15, 0.2) is 207 Å². The van der Waals surface area contributed by atoms with E-state index in [2.05, 4.69) is 19.6 Å². The number of benzene rings is 8. The Hall–Kier alpha value is -10.5. The summed E-state index contributed by atoms with van der Waals surface area (Å²) < 4.78 is 59.5. The smallest absolute Gasteiger partial charge is 0.415 e. The topological polar surface area (TPSA) is 153 Å². The van der Waals surface area contributed by atoms with Crippen LogP contribution in [0.3, 0.4) is 0 Å². The Kier molecular flexibility index (Phi) is 19.1. The van der Waals surface area contributed by atoms with Crippen LogP contribution in [-0.4, -0.2) is 100 Å². The van der Waals surface area contributed by atoms with Crippen molar-refractivity contribution in [3.05, 3.63) is 274 Å². The minimum absolute atomic E-state index is 0.114. The lowest BCUT2D eigenvalue weighted by molar-refractivity contribution is 0.0154. The number of hydrogen-bond donors (Lipinski definition) is 0. The first-order valence-corrected chi connectivity index (χ1v) is 35.6. The van der Waals surface area contributed by atoms with Gasteiger partial charge in [0.05, 0.1) is 30.8 Å². The number of rotatable bonds is 17. The summed E-state index contributed by atoms with van der Waals surface area (Å²) >= 11 is 0. The summed E-state index contributed by atoms with van der Waals surface area (Å²) in [6.45, 7) is 15.0. The van der Waals surface area contributed by atoms with Crippen LogP contribution in [0.1, 0.15) is 98.2 Å². The van der Waals surface area contributed by atoms with Crippen LogP contribution in [0, 0.1) is 11.6 Å². The second kappa shape index (κ2) is 28.0. The molecule has 15 nitrogen and oxygen atoms in total. The van der Waals surface area contributed by atoms with Gasteiger partial charge in [-0.15, -0.1) is 0 Å². The average Bonchev–Trinajstić information content (AvgIpc) is 1.65. The van der Waals surface area contributed by atoms with Crippen LogP contribution in [0.25, 0.3) is 21.8 Å². The Morgan fingerprint density at radius 1 is 0.495 bits per heavy atom. The zero-order chi connectivity index (χ0) is 66.4. The number of ether oxygens (including phenoxy) is 5. The van der Waals surface area contributed by atoms with E-state index in [9.17, 15) is 28.0 Å². The third-order valence-electron chi connectivity index (χ3n) is 16.8. The number of carbonyl (C=O) groups is 4. The third kappa shape index (κ3) is 14.8. The zero-order valence-electron chi connectivity index (χ0n) is 54.0. The van der Waals surface area contributed by atoms with E-state index in [1.807, 2.05) is 154 Å². The van der Waals surface area contributed by atoms with Crippen molar-refractivity contribution in [2.75, 3.05) is 32.8 Å². The molecule has 18 heteroatoms. The van der Waals surface area contributed by atoms with Gasteiger partial charge in [0, 0.05) is 81.6 Å². The second-order valence-corrected chi connectivity index (χ2v) is 31.6. The maximum absolute atomic E-state index is 14.5. The number of fused-ring (bicyclic) bond motifs is 4. The molecule has 8 aromatic carbocycles. The van der Waals surface area contributed by atoms with Crippen LogP contribution in [0.4, 0.5) is 18.4 Å². The molecular formula is C77H74F2N6O9Si. The number of hydrogen-bond acceptors (Lipinski definition) is 11. The van der Waals surface area contributed by atoms with Crippen LogP contribution >= 0.6 is 0 Å². The molecule has 0 bridgehead atoms. The highest BCUT2D eigenvalue weighted by atomic mass is 28.3. The normalized spacial score (nSPS) is 13.8. The Morgan fingerprint density at radius 3 is 1.26 bits per heavy atom. The predicted octanol–water partition coefficient (Wildman–Crippen LogP) is 16.2. The van der Waals surface area contributed by atoms with Gasteiger partial charge >= 0.3 is 12.2 Å². The van der Waals surface area contributed by atoms with Gasteiger partial charge in [-0.3, -0.25) is 19.6 Å². The second-order valence-electron chi connectivity index (χ2n) is 26.0. The van der Waals surface area contributed by atoms with Crippen molar-refractivity contribution in [3.8, 4) is 23.0 Å². The van der Waals surface area contributed by atoms with Gasteiger partial charge in [-0.05, 0) is 109 Å². The molecule has 0 saturated carbocycles. The molecule has 0 N–H and O–H groups in total. The Bertz CT molecular complexity index is 4320. The average molecular weight is 1290 g/mol. The molecule has 3 aliphatic heterocycles. The van der Waals surface area contributed by atoms with Gasteiger partial charge in [-0.25, -0.2) is 18.4 Å². The van der Waals surface area contributed by atoms with Crippen molar-refractivity contribution in [2.24, 2.45) is 0 Å². The van der Waals surface area contributed by atoms with Crippen molar-refractivity contribution >= 4 is 53.9 Å². The number of pyridine rings is 2. The van der Waals surface area contributed by atoms with Crippen molar-refractivity contribution < 1.29 is 51.6 Å². The fourth-order valence-corrected chi connectivity index (χ4v) is 12.7.